The summed E-state index contributed by atoms with van der Waals surface area (Å²) in [6, 6.07) is 7.98. The Hall–Kier alpha value is -3.02. The first-order valence-electron chi connectivity index (χ1n) is 11.5. The Morgan fingerprint density at radius 3 is 2.33 bits per heavy atom. The Morgan fingerprint density at radius 1 is 1.17 bits per heavy atom. The topological polar surface area (TPSA) is 94.9 Å². The molecule has 1 fully saturated rings. The van der Waals surface area contributed by atoms with E-state index in [2.05, 4.69) is 4.74 Å². The molecule has 2 aromatic rings. The van der Waals surface area contributed by atoms with Crippen molar-refractivity contribution in [3.63, 3.8) is 0 Å². The minimum absolute atomic E-state index is 0.141. The first kappa shape index (κ1) is 27.6. The van der Waals surface area contributed by atoms with Crippen molar-refractivity contribution in [2.75, 3.05) is 6.26 Å². The molecule has 3 rings (SSSR count). The second kappa shape index (κ2) is 10.5. The van der Waals surface area contributed by atoms with Crippen LogP contribution in [0.5, 0.6) is 5.75 Å². The van der Waals surface area contributed by atoms with Crippen LogP contribution in [0, 0.1) is 0 Å². The molecule has 0 radical (unpaired) electrons. The van der Waals surface area contributed by atoms with E-state index >= 15 is 0 Å². The van der Waals surface area contributed by atoms with Crippen LogP contribution in [-0.2, 0) is 14.6 Å². The number of pyridine rings is 1. The smallest absolute Gasteiger partial charge is 0.425 e. The molecule has 1 aliphatic rings. The monoisotopic (exact) mass is 530 g/mol. The van der Waals surface area contributed by atoms with Gasteiger partial charge in [-0.25, -0.2) is 13.2 Å². The molecule has 36 heavy (non-hydrogen) atoms. The number of carbonyl (C=O) groups excluding carboxylic acids is 1. The van der Waals surface area contributed by atoms with Gasteiger partial charge in [-0.15, -0.1) is 0 Å². The van der Waals surface area contributed by atoms with Gasteiger partial charge in [0.1, 0.15) is 11.9 Å². The highest BCUT2D eigenvalue weighted by Crippen LogP contribution is 2.30. The van der Waals surface area contributed by atoms with Gasteiger partial charge in [0.15, 0.2) is 15.9 Å². The van der Waals surface area contributed by atoms with Gasteiger partial charge in [-0.2, -0.15) is 13.2 Å². The molecule has 0 N–H and O–H groups in total. The van der Waals surface area contributed by atoms with Crippen molar-refractivity contribution in [3.8, 4) is 11.4 Å². The van der Waals surface area contributed by atoms with Crippen LogP contribution < -0.4 is 10.3 Å². The lowest BCUT2D eigenvalue weighted by molar-refractivity contribution is -0.201. The third kappa shape index (κ3) is 6.40. The molecule has 0 spiro atoms. The fourth-order valence-corrected chi connectivity index (χ4v) is 4.86. The van der Waals surface area contributed by atoms with E-state index in [-0.39, 0.29) is 22.6 Å². The molecule has 1 aromatic carbocycles. The van der Waals surface area contributed by atoms with Gasteiger partial charge in [0.05, 0.1) is 4.90 Å². The SMILES string of the molecule is CC[C@@H]1C[C@H](Oc2ccn(-c3ccc(S(C)(=O)=O)cc3)c(=O)c2)C[C@@H](C)N1C(=O)OC(C)C(F)(F)F. The number of nitrogens with zero attached hydrogens (tertiary/aromatic N) is 2. The van der Waals surface area contributed by atoms with Crippen molar-refractivity contribution in [2.45, 2.75) is 75.4 Å². The molecule has 1 amide bonds. The van der Waals surface area contributed by atoms with E-state index < -0.39 is 34.3 Å². The minimum atomic E-state index is -4.64. The average molecular weight is 531 g/mol. The number of carbonyl (C=O) groups is 1. The summed E-state index contributed by atoms with van der Waals surface area (Å²) in [6.45, 7) is 4.33. The number of ether oxygens (including phenoxy) is 2. The highest BCUT2D eigenvalue weighted by Gasteiger charge is 2.43. The number of hydrogen-bond acceptors (Lipinski definition) is 6. The second-order valence-corrected chi connectivity index (χ2v) is 10.9. The first-order chi connectivity index (χ1) is 16.7. The second-order valence-electron chi connectivity index (χ2n) is 8.93. The summed E-state index contributed by atoms with van der Waals surface area (Å²) in [7, 11) is -3.36. The van der Waals surface area contributed by atoms with E-state index in [0.29, 0.717) is 30.7 Å². The van der Waals surface area contributed by atoms with Gasteiger partial charge in [-0.05, 0) is 50.6 Å². The van der Waals surface area contributed by atoms with Crippen molar-refractivity contribution < 1.29 is 35.9 Å². The Kier molecular flexibility index (Phi) is 8.07. The molecule has 8 nitrogen and oxygen atoms in total. The maximum Gasteiger partial charge on any atom is 0.425 e. The van der Waals surface area contributed by atoms with E-state index in [0.717, 1.165) is 13.2 Å². The first-order valence-corrected chi connectivity index (χ1v) is 13.3. The quantitative estimate of drug-likeness (QED) is 0.552. The molecule has 1 aromatic heterocycles. The summed E-state index contributed by atoms with van der Waals surface area (Å²) in [4.78, 5) is 26.6. The zero-order chi connectivity index (χ0) is 26.8. The van der Waals surface area contributed by atoms with Crippen LogP contribution >= 0.6 is 0 Å². The summed E-state index contributed by atoms with van der Waals surface area (Å²) in [6.07, 6.45) is -4.41. The van der Waals surface area contributed by atoms with Gasteiger partial charge < -0.3 is 14.4 Å². The van der Waals surface area contributed by atoms with Gasteiger partial charge in [0.2, 0.25) is 0 Å². The number of aromatic nitrogens is 1. The lowest BCUT2D eigenvalue weighted by Crippen LogP contribution is -2.54. The third-order valence-corrected chi connectivity index (χ3v) is 7.29. The standard InChI is InChI=1S/C24H29F3N2O6S/c1-5-17-13-20(12-15(2)29(17)23(31)34-16(3)24(25,26)27)35-19-10-11-28(22(30)14-19)18-6-8-21(9-7-18)36(4,32)33/h6-11,14-17,20H,5,12-13H2,1-4H3/t15-,16?,17-,20-/m1/s1. The molecule has 12 heteroatoms. The lowest BCUT2D eigenvalue weighted by Gasteiger charge is -2.43. The molecule has 2 heterocycles. The number of halogens is 3. The molecule has 0 bridgehead atoms. The molecule has 4 atom stereocenters. The van der Waals surface area contributed by atoms with Gasteiger partial charge in [0, 0.05) is 49.1 Å². The maximum absolute atomic E-state index is 12.8. The number of alkyl halides is 3. The number of benzene rings is 1. The van der Waals surface area contributed by atoms with Crippen LogP contribution in [0.15, 0.2) is 52.3 Å². The number of amides is 1. The Balaban J connectivity index is 1.70. The minimum Gasteiger partial charge on any atom is -0.490 e. The lowest BCUT2D eigenvalue weighted by atomic mass is 9.92. The van der Waals surface area contributed by atoms with E-state index in [9.17, 15) is 31.2 Å². The summed E-state index contributed by atoms with van der Waals surface area (Å²) < 4.78 is 73.7. The highest BCUT2D eigenvalue weighted by atomic mass is 32.2. The zero-order valence-corrected chi connectivity index (χ0v) is 21.2. The van der Waals surface area contributed by atoms with Crippen LogP contribution in [0.4, 0.5) is 18.0 Å². The van der Waals surface area contributed by atoms with Crippen LogP contribution in [0.3, 0.4) is 0 Å². The molecule has 0 saturated carbocycles. The molecule has 0 aliphatic carbocycles. The van der Waals surface area contributed by atoms with Crippen molar-refractivity contribution in [1.29, 1.82) is 0 Å². The van der Waals surface area contributed by atoms with Crippen molar-refractivity contribution in [2.24, 2.45) is 0 Å². The van der Waals surface area contributed by atoms with E-state index in [4.69, 9.17) is 4.74 Å². The number of sulfone groups is 1. The third-order valence-electron chi connectivity index (χ3n) is 6.16. The molecular formula is C24H29F3N2O6S. The van der Waals surface area contributed by atoms with E-state index in [1.807, 2.05) is 6.92 Å². The largest absolute Gasteiger partial charge is 0.490 e. The predicted octanol–water partition coefficient (Wildman–Crippen LogP) is 4.34. The Labute approximate surface area is 207 Å². The molecule has 1 unspecified atom stereocenters. The van der Waals surface area contributed by atoms with Crippen LogP contribution in [0.1, 0.15) is 40.0 Å². The molecule has 1 saturated heterocycles. The van der Waals surface area contributed by atoms with Gasteiger partial charge >= 0.3 is 12.3 Å². The summed E-state index contributed by atoms with van der Waals surface area (Å²) in [5.41, 5.74) is 0.0976. The number of piperidine rings is 1. The van der Waals surface area contributed by atoms with Crippen molar-refractivity contribution in [1.82, 2.24) is 9.47 Å². The highest BCUT2D eigenvalue weighted by molar-refractivity contribution is 7.90. The maximum atomic E-state index is 12.8. The van der Waals surface area contributed by atoms with Crippen molar-refractivity contribution >= 4 is 15.9 Å². The Bertz CT molecular complexity index is 1240. The van der Waals surface area contributed by atoms with Gasteiger partial charge in [-0.1, -0.05) is 6.92 Å². The number of likely N-dealkylation sites (tertiary alicyclic amines) is 1. The average Bonchev–Trinajstić information content (AvgIpc) is 2.77. The van der Waals surface area contributed by atoms with Crippen LogP contribution in [0.25, 0.3) is 5.69 Å². The van der Waals surface area contributed by atoms with Crippen LogP contribution in [-0.4, -0.2) is 60.7 Å². The van der Waals surface area contributed by atoms with Crippen molar-refractivity contribution in [3.05, 3.63) is 52.9 Å². The van der Waals surface area contributed by atoms with Gasteiger partial charge in [0.25, 0.3) is 5.56 Å². The van der Waals surface area contributed by atoms with Crippen LogP contribution in [0.2, 0.25) is 0 Å². The van der Waals surface area contributed by atoms with Gasteiger partial charge in [-0.3, -0.25) is 9.36 Å². The fraction of sp³-hybridized carbons (Fsp3) is 0.500. The summed E-state index contributed by atoms with van der Waals surface area (Å²) >= 11 is 0. The normalized spacial score (nSPS) is 21.6. The molecular weight excluding hydrogens is 501 g/mol. The molecule has 198 valence electrons. The number of rotatable bonds is 6. The van der Waals surface area contributed by atoms with E-state index in [1.165, 1.54) is 46.0 Å². The zero-order valence-electron chi connectivity index (χ0n) is 20.4. The number of hydrogen-bond donors (Lipinski definition) is 0. The summed E-state index contributed by atoms with van der Waals surface area (Å²) in [5, 5.41) is 0. The molecule has 1 aliphatic heterocycles. The van der Waals surface area contributed by atoms with E-state index in [1.54, 1.807) is 13.0 Å². The predicted molar refractivity (Wildman–Crippen MR) is 126 cm³/mol. The Morgan fingerprint density at radius 2 is 1.81 bits per heavy atom. The summed E-state index contributed by atoms with van der Waals surface area (Å²) in [5.74, 6) is 0.317. The fourth-order valence-electron chi connectivity index (χ4n) is 4.23.